The van der Waals surface area contributed by atoms with E-state index in [1.54, 1.807) is 5.57 Å². The minimum atomic E-state index is -0.603. The van der Waals surface area contributed by atoms with Gasteiger partial charge in [-0.05, 0) is 116 Å². The summed E-state index contributed by atoms with van der Waals surface area (Å²) in [4.78, 5) is 12.2. The maximum Gasteiger partial charge on any atom is 0.309 e. The van der Waals surface area contributed by atoms with Crippen molar-refractivity contribution in [3.8, 4) is 0 Å². The molecule has 0 aromatic rings. The van der Waals surface area contributed by atoms with Gasteiger partial charge in [0.1, 0.15) is 0 Å². The van der Waals surface area contributed by atoms with Crippen LogP contribution in [0.25, 0.3) is 0 Å². The summed E-state index contributed by atoms with van der Waals surface area (Å²) in [5.41, 5.74) is 1.94. The topological polar surface area (TPSA) is 57.5 Å². The van der Waals surface area contributed by atoms with Crippen LogP contribution in [0.2, 0.25) is 0 Å². The fourth-order valence-corrected chi connectivity index (χ4v) is 10.5. The average molecular weight is 473 g/mol. The molecule has 194 valence electrons. The number of allylic oxidation sites excluding steroid dienone is 2. The number of carbonyl (C=O) groups is 1. The quantitative estimate of drug-likeness (QED) is 0.382. The lowest BCUT2D eigenvalue weighted by Crippen LogP contribution is -2.64. The zero-order chi connectivity index (χ0) is 24.2. The Kier molecular flexibility index (Phi) is 5.86. The Labute approximate surface area is 209 Å². The van der Waals surface area contributed by atoms with E-state index in [0.717, 1.165) is 38.5 Å². The summed E-state index contributed by atoms with van der Waals surface area (Å²) in [7, 11) is 0. The van der Waals surface area contributed by atoms with E-state index in [0.29, 0.717) is 17.8 Å². The van der Waals surface area contributed by atoms with Crippen molar-refractivity contribution in [1.82, 2.24) is 0 Å². The van der Waals surface area contributed by atoms with Crippen molar-refractivity contribution in [2.24, 2.45) is 50.2 Å². The van der Waals surface area contributed by atoms with E-state index >= 15 is 0 Å². The minimum Gasteiger partial charge on any atom is -0.481 e. The fourth-order valence-electron chi connectivity index (χ4n) is 10.5. The normalized spacial score (nSPS) is 53.7. The number of aliphatic carboxylic acids is 1. The van der Waals surface area contributed by atoms with Crippen molar-refractivity contribution in [2.75, 3.05) is 0 Å². The highest BCUT2D eigenvalue weighted by Gasteiger charge is 2.68. The molecule has 4 fully saturated rings. The number of aliphatic hydroxyl groups is 1. The first-order valence-corrected chi connectivity index (χ1v) is 13.8. The largest absolute Gasteiger partial charge is 0.481 e. The number of hydrogen-bond donors (Lipinski definition) is 2. The molecular formula is C31H52O3. The number of carboxylic acid groups (broad SMARTS) is 1. The Bertz CT molecular complexity index is 889. The third-order valence-electron chi connectivity index (χ3n) is 13.3. The molecular weight excluding hydrogens is 420 g/mol. The summed E-state index contributed by atoms with van der Waals surface area (Å²) in [5.74, 6) is 1.01. The molecule has 5 aliphatic carbocycles. The van der Waals surface area contributed by atoms with Crippen LogP contribution in [0.3, 0.4) is 0 Å². The van der Waals surface area contributed by atoms with Crippen LogP contribution in [0.1, 0.15) is 120 Å². The van der Waals surface area contributed by atoms with E-state index in [9.17, 15) is 15.0 Å². The van der Waals surface area contributed by atoms with Crippen molar-refractivity contribution >= 4 is 5.97 Å². The van der Waals surface area contributed by atoms with Gasteiger partial charge in [0.15, 0.2) is 0 Å². The summed E-state index contributed by atoms with van der Waals surface area (Å²) in [6, 6.07) is 0. The van der Waals surface area contributed by atoms with Gasteiger partial charge in [-0.15, -0.1) is 0 Å². The first-order chi connectivity index (χ1) is 15.1. The first kappa shape index (κ1) is 26.2. The Morgan fingerprint density at radius 1 is 0.882 bits per heavy atom. The molecule has 5 rings (SSSR count). The molecule has 3 heteroatoms. The van der Waals surface area contributed by atoms with Gasteiger partial charge in [-0.1, -0.05) is 60.6 Å². The Hall–Kier alpha value is -0.830. The number of rotatable bonds is 1. The molecule has 0 saturated heterocycles. The van der Waals surface area contributed by atoms with Crippen molar-refractivity contribution < 1.29 is 15.0 Å². The van der Waals surface area contributed by atoms with Gasteiger partial charge in [0.25, 0.3) is 0 Å². The molecule has 2 N–H and O–H groups in total. The third kappa shape index (κ3) is 3.07. The molecule has 34 heavy (non-hydrogen) atoms. The predicted octanol–water partition coefficient (Wildman–Crippen LogP) is 7.87. The monoisotopic (exact) mass is 472 g/mol. The van der Waals surface area contributed by atoms with E-state index < -0.39 is 11.4 Å². The second-order valence-corrected chi connectivity index (χ2v) is 14.9. The number of fused-ring (bicyclic) bond motifs is 7. The SMILES string of the molecule is C.CC12CC[C@](C)(C(=O)O)CC1C1=CCC3C4(C)CCC(O)C(C)(C)C4CCC3(C)[C@]1(C)CC2. The Balaban J connectivity index is 0.00000274. The van der Waals surface area contributed by atoms with Gasteiger partial charge >= 0.3 is 5.97 Å². The van der Waals surface area contributed by atoms with Crippen LogP contribution in [0.4, 0.5) is 0 Å². The molecule has 9 atom stereocenters. The smallest absolute Gasteiger partial charge is 0.309 e. The highest BCUT2D eigenvalue weighted by atomic mass is 16.4. The van der Waals surface area contributed by atoms with Gasteiger partial charge in [0.05, 0.1) is 11.5 Å². The molecule has 0 amide bonds. The van der Waals surface area contributed by atoms with Crippen molar-refractivity contribution in [2.45, 2.75) is 126 Å². The highest BCUT2D eigenvalue weighted by Crippen LogP contribution is 2.75. The fraction of sp³-hybridized carbons (Fsp3) is 0.903. The average Bonchev–Trinajstić information content (AvgIpc) is 2.73. The number of hydrogen-bond acceptors (Lipinski definition) is 2. The van der Waals surface area contributed by atoms with E-state index in [4.69, 9.17) is 0 Å². The van der Waals surface area contributed by atoms with E-state index in [1.807, 2.05) is 6.92 Å². The van der Waals surface area contributed by atoms with Crippen molar-refractivity contribution in [1.29, 1.82) is 0 Å². The van der Waals surface area contributed by atoms with Crippen LogP contribution in [0.5, 0.6) is 0 Å². The summed E-state index contributed by atoms with van der Waals surface area (Å²) < 4.78 is 0. The van der Waals surface area contributed by atoms with Crippen LogP contribution in [0, 0.1) is 50.2 Å². The van der Waals surface area contributed by atoms with Gasteiger partial charge in [0, 0.05) is 0 Å². The molecule has 0 aliphatic heterocycles. The zero-order valence-corrected chi connectivity index (χ0v) is 22.3. The van der Waals surface area contributed by atoms with Gasteiger partial charge in [-0.2, -0.15) is 0 Å². The Morgan fingerprint density at radius 2 is 1.53 bits per heavy atom. The van der Waals surface area contributed by atoms with Gasteiger partial charge in [-0.25, -0.2) is 0 Å². The molecule has 7 unspecified atom stereocenters. The van der Waals surface area contributed by atoms with Crippen LogP contribution < -0.4 is 0 Å². The van der Waals surface area contributed by atoms with E-state index in [2.05, 4.69) is 47.6 Å². The van der Waals surface area contributed by atoms with Crippen LogP contribution in [-0.4, -0.2) is 22.3 Å². The standard InChI is InChI=1S/C30H48O3.CH4/c1-25(2)21-10-13-30(7)22(28(21,5)12-11-23(25)31)9-8-19-20-18-27(4,24(32)33)15-14-26(20,3)16-17-29(19,30)6;/h8,20-23,31H,9-18H2,1-7H3,(H,32,33);1H4/t20?,21?,22?,23?,26?,27-,28?,29+,30?;/m0./s1. The van der Waals surface area contributed by atoms with Gasteiger partial charge < -0.3 is 10.2 Å². The predicted molar refractivity (Wildman–Crippen MR) is 139 cm³/mol. The maximum atomic E-state index is 12.2. The number of carboxylic acids is 1. The summed E-state index contributed by atoms with van der Waals surface area (Å²) in [5, 5.41) is 20.9. The lowest BCUT2D eigenvalue weighted by atomic mass is 9.33. The number of aliphatic hydroxyl groups excluding tert-OH is 1. The minimum absolute atomic E-state index is 0. The van der Waals surface area contributed by atoms with E-state index in [1.165, 1.54) is 25.7 Å². The molecule has 0 spiro atoms. The summed E-state index contributed by atoms with van der Waals surface area (Å²) >= 11 is 0. The lowest BCUT2D eigenvalue weighted by Gasteiger charge is -2.71. The zero-order valence-electron chi connectivity index (χ0n) is 22.3. The molecule has 0 aromatic carbocycles. The van der Waals surface area contributed by atoms with Crippen LogP contribution >= 0.6 is 0 Å². The lowest BCUT2D eigenvalue weighted by molar-refractivity contribution is -0.203. The van der Waals surface area contributed by atoms with Crippen molar-refractivity contribution in [3.05, 3.63) is 11.6 Å². The molecule has 4 saturated carbocycles. The van der Waals surface area contributed by atoms with Gasteiger partial charge in [0.2, 0.25) is 0 Å². The molecule has 0 aromatic heterocycles. The van der Waals surface area contributed by atoms with Gasteiger partial charge in [-0.3, -0.25) is 4.79 Å². The molecule has 3 nitrogen and oxygen atoms in total. The second kappa shape index (κ2) is 7.59. The molecule has 0 bridgehead atoms. The van der Waals surface area contributed by atoms with Crippen molar-refractivity contribution in [3.63, 3.8) is 0 Å². The molecule has 5 aliphatic rings. The third-order valence-corrected chi connectivity index (χ3v) is 13.3. The summed E-state index contributed by atoms with van der Waals surface area (Å²) in [6.07, 6.45) is 13.2. The van der Waals surface area contributed by atoms with Crippen LogP contribution in [-0.2, 0) is 4.79 Å². The molecule has 0 radical (unpaired) electrons. The second-order valence-electron chi connectivity index (χ2n) is 14.9. The molecule has 0 heterocycles. The van der Waals surface area contributed by atoms with Crippen LogP contribution in [0.15, 0.2) is 11.6 Å². The van der Waals surface area contributed by atoms with E-state index in [-0.39, 0.29) is 40.6 Å². The highest BCUT2D eigenvalue weighted by molar-refractivity contribution is 5.74. The first-order valence-electron chi connectivity index (χ1n) is 13.8. The Morgan fingerprint density at radius 3 is 2.18 bits per heavy atom. The maximum absolute atomic E-state index is 12.2. The summed E-state index contributed by atoms with van der Waals surface area (Å²) in [6.45, 7) is 16.8.